The number of carbonyl (C=O) groups is 2. The van der Waals surface area contributed by atoms with E-state index in [-0.39, 0.29) is 11.7 Å². The fraction of sp³-hybridized carbons (Fsp3) is 0.0556. The van der Waals surface area contributed by atoms with Crippen LogP contribution in [0.2, 0.25) is 0 Å². The number of Topliss-reactive ketones (excluding diaryl/α,β-unsaturated/α-hetero) is 1. The maximum absolute atomic E-state index is 12.7. The van der Waals surface area contributed by atoms with Crippen LogP contribution in [0.3, 0.4) is 0 Å². The summed E-state index contributed by atoms with van der Waals surface area (Å²) in [4.78, 5) is 26.2. The monoisotopic (exact) mass is 339 g/mol. The molecule has 1 aliphatic rings. The molecular weight excluding hydrogens is 326 g/mol. The molecule has 0 aliphatic carbocycles. The van der Waals surface area contributed by atoms with E-state index in [1.165, 1.54) is 23.6 Å². The quantitative estimate of drug-likeness (QED) is 0.475. The van der Waals surface area contributed by atoms with E-state index in [0.29, 0.717) is 20.5 Å². The van der Waals surface area contributed by atoms with Crippen LogP contribution in [0, 0.1) is 0 Å². The highest BCUT2D eigenvalue weighted by molar-refractivity contribution is 8.27. The van der Waals surface area contributed by atoms with Gasteiger partial charge in [0, 0.05) is 5.56 Å². The molecule has 23 heavy (non-hydrogen) atoms. The van der Waals surface area contributed by atoms with E-state index in [4.69, 9.17) is 12.2 Å². The van der Waals surface area contributed by atoms with Crippen molar-refractivity contribution in [2.45, 2.75) is 6.92 Å². The lowest BCUT2D eigenvalue weighted by Crippen LogP contribution is -2.27. The van der Waals surface area contributed by atoms with Gasteiger partial charge in [0.15, 0.2) is 10.1 Å². The molecule has 5 heteroatoms. The molecule has 0 spiro atoms. The van der Waals surface area contributed by atoms with E-state index < -0.39 is 0 Å². The Morgan fingerprint density at radius 1 is 1.13 bits per heavy atom. The normalized spacial score (nSPS) is 16.2. The van der Waals surface area contributed by atoms with Crippen molar-refractivity contribution < 1.29 is 9.59 Å². The SMILES string of the molecule is CC(=O)c1cccc(N2C(=O)C(=Cc3ccccc3)SC2=S)c1. The first-order valence-corrected chi connectivity index (χ1v) is 8.23. The Kier molecular flexibility index (Phi) is 4.41. The Morgan fingerprint density at radius 2 is 1.87 bits per heavy atom. The zero-order valence-corrected chi connectivity index (χ0v) is 14.0. The van der Waals surface area contributed by atoms with E-state index in [2.05, 4.69) is 0 Å². The number of thioether (sulfide) groups is 1. The van der Waals surface area contributed by atoms with Gasteiger partial charge in [-0.2, -0.15) is 0 Å². The topological polar surface area (TPSA) is 37.4 Å². The second kappa shape index (κ2) is 6.48. The molecule has 1 heterocycles. The van der Waals surface area contributed by atoms with E-state index in [9.17, 15) is 9.59 Å². The smallest absolute Gasteiger partial charge is 0.270 e. The van der Waals surface area contributed by atoms with Crippen LogP contribution in [-0.2, 0) is 4.79 Å². The van der Waals surface area contributed by atoms with E-state index >= 15 is 0 Å². The number of anilines is 1. The fourth-order valence-corrected chi connectivity index (χ4v) is 3.55. The summed E-state index contributed by atoms with van der Waals surface area (Å²) < 4.78 is 0.470. The van der Waals surface area contributed by atoms with Gasteiger partial charge in [0.1, 0.15) is 0 Å². The largest absolute Gasteiger partial charge is 0.295 e. The second-order valence-electron chi connectivity index (χ2n) is 5.03. The molecule has 0 unspecified atom stereocenters. The van der Waals surface area contributed by atoms with Crippen LogP contribution in [-0.4, -0.2) is 16.0 Å². The summed E-state index contributed by atoms with van der Waals surface area (Å²) in [6, 6.07) is 16.6. The summed E-state index contributed by atoms with van der Waals surface area (Å²) in [5.74, 6) is -0.207. The van der Waals surface area contributed by atoms with Gasteiger partial charge in [0.25, 0.3) is 5.91 Å². The third-order valence-electron chi connectivity index (χ3n) is 3.40. The minimum atomic E-state index is -0.162. The average Bonchev–Trinajstić information content (AvgIpc) is 2.82. The number of ketones is 1. The lowest BCUT2D eigenvalue weighted by atomic mass is 10.1. The van der Waals surface area contributed by atoms with Crippen molar-refractivity contribution >= 4 is 51.8 Å². The lowest BCUT2D eigenvalue weighted by Gasteiger charge is -2.15. The molecule has 2 aromatic carbocycles. The first-order valence-electron chi connectivity index (χ1n) is 7.00. The summed E-state index contributed by atoms with van der Waals surface area (Å²) in [5.41, 5.74) is 2.13. The molecule has 0 N–H and O–H groups in total. The molecule has 3 nitrogen and oxygen atoms in total. The van der Waals surface area contributed by atoms with Gasteiger partial charge >= 0.3 is 0 Å². The van der Waals surface area contributed by atoms with Gasteiger partial charge < -0.3 is 0 Å². The Hall–Kier alpha value is -2.24. The van der Waals surface area contributed by atoms with Crippen LogP contribution in [0.4, 0.5) is 5.69 Å². The summed E-state index contributed by atoms with van der Waals surface area (Å²) in [6.07, 6.45) is 1.83. The number of hydrogen-bond donors (Lipinski definition) is 0. The lowest BCUT2D eigenvalue weighted by molar-refractivity contribution is -0.113. The molecule has 1 aliphatic heterocycles. The van der Waals surface area contributed by atoms with Crippen molar-refractivity contribution in [2.75, 3.05) is 4.90 Å². The predicted octanol–water partition coefficient (Wildman–Crippen LogP) is 4.30. The number of rotatable bonds is 3. The summed E-state index contributed by atoms with van der Waals surface area (Å²) in [7, 11) is 0. The highest BCUT2D eigenvalue weighted by Gasteiger charge is 2.33. The summed E-state index contributed by atoms with van der Waals surface area (Å²) in [6.45, 7) is 1.50. The van der Waals surface area contributed by atoms with Gasteiger partial charge in [-0.3, -0.25) is 14.5 Å². The maximum atomic E-state index is 12.7. The van der Waals surface area contributed by atoms with Crippen molar-refractivity contribution in [3.63, 3.8) is 0 Å². The molecule has 0 aromatic heterocycles. The summed E-state index contributed by atoms with van der Waals surface area (Å²) >= 11 is 6.61. The van der Waals surface area contributed by atoms with Crippen LogP contribution < -0.4 is 4.90 Å². The number of hydrogen-bond acceptors (Lipinski definition) is 4. The average molecular weight is 339 g/mol. The Labute approximate surface area is 144 Å². The Balaban J connectivity index is 1.95. The molecule has 0 saturated carbocycles. The number of thiocarbonyl (C=S) groups is 1. The number of carbonyl (C=O) groups excluding carboxylic acids is 2. The van der Waals surface area contributed by atoms with Gasteiger partial charge in [0.2, 0.25) is 0 Å². The van der Waals surface area contributed by atoms with Crippen molar-refractivity contribution in [1.29, 1.82) is 0 Å². The molecule has 2 aromatic rings. The molecule has 1 fully saturated rings. The van der Waals surface area contributed by atoms with Crippen LogP contribution in [0.1, 0.15) is 22.8 Å². The number of amides is 1. The van der Waals surface area contributed by atoms with Crippen molar-refractivity contribution in [1.82, 2.24) is 0 Å². The van der Waals surface area contributed by atoms with Crippen LogP contribution in [0.25, 0.3) is 6.08 Å². The van der Waals surface area contributed by atoms with E-state index in [1.807, 2.05) is 36.4 Å². The van der Waals surface area contributed by atoms with Crippen LogP contribution in [0.5, 0.6) is 0 Å². The first kappa shape index (κ1) is 15.6. The molecule has 1 amide bonds. The van der Waals surface area contributed by atoms with Crippen LogP contribution >= 0.6 is 24.0 Å². The molecular formula is C18H13NO2S2. The van der Waals surface area contributed by atoms with Crippen molar-refractivity contribution in [3.05, 3.63) is 70.6 Å². The van der Waals surface area contributed by atoms with Gasteiger partial charge in [-0.1, -0.05) is 66.4 Å². The zero-order chi connectivity index (χ0) is 16.4. The van der Waals surface area contributed by atoms with Crippen LogP contribution in [0.15, 0.2) is 59.5 Å². The third kappa shape index (κ3) is 3.25. The van der Waals surface area contributed by atoms with Gasteiger partial charge in [-0.05, 0) is 30.7 Å². The number of benzene rings is 2. The Bertz CT molecular complexity index is 828. The molecule has 1 saturated heterocycles. The van der Waals surface area contributed by atoms with E-state index in [1.54, 1.807) is 24.3 Å². The highest BCUT2D eigenvalue weighted by Crippen LogP contribution is 2.36. The zero-order valence-electron chi connectivity index (χ0n) is 12.4. The van der Waals surface area contributed by atoms with Gasteiger partial charge in [-0.25, -0.2) is 0 Å². The standard InChI is InChI=1S/C18H13NO2S2/c1-12(20)14-8-5-9-15(11-14)19-17(21)16(23-18(19)22)10-13-6-3-2-4-7-13/h2-11H,1H3. The Morgan fingerprint density at radius 3 is 2.57 bits per heavy atom. The van der Waals surface area contributed by atoms with Crippen molar-refractivity contribution in [2.24, 2.45) is 0 Å². The van der Waals surface area contributed by atoms with Crippen molar-refractivity contribution in [3.8, 4) is 0 Å². The number of nitrogens with zero attached hydrogens (tertiary/aromatic N) is 1. The predicted molar refractivity (Wildman–Crippen MR) is 98.5 cm³/mol. The molecule has 114 valence electrons. The first-order chi connectivity index (χ1) is 11.1. The molecule has 0 bridgehead atoms. The van der Waals surface area contributed by atoms with Gasteiger partial charge in [0.05, 0.1) is 10.6 Å². The van der Waals surface area contributed by atoms with Gasteiger partial charge in [-0.15, -0.1) is 0 Å². The third-order valence-corrected chi connectivity index (χ3v) is 4.70. The summed E-state index contributed by atoms with van der Waals surface area (Å²) in [5, 5.41) is 0. The maximum Gasteiger partial charge on any atom is 0.270 e. The molecule has 0 atom stereocenters. The highest BCUT2D eigenvalue weighted by atomic mass is 32.2. The van der Waals surface area contributed by atoms with E-state index in [0.717, 1.165) is 5.56 Å². The second-order valence-corrected chi connectivity index (χ2v) is 6.71. The molecule has 3 rings (SSSR count). The fourth-order valence-electron chi connectivity index (χ4n) is 2.25. The minimum absolute atomic E-state index is 0.0443. The minimum Gasteiger partial charge on any atom is -0.295 e. The molecule has 0 radical (unpaired) electrons.